The van der Waals surface area contributed by atoms with Crippen molar-refractivity contribution in [2.24, 2.45) is 5.92 Å². The Hall–Kier alpha value is -0.530. The Morgan fingerprint density at radius 2 is 1.81 bits per heavy atom. The number of hydrogen-bond acceptors (Lipinski definition) is 1. The number of hydrogen-bond donors (Lipinski definition) is 1. The van der Waals surface area contributed by atoms with E-state index in [4.69, 9.17) is 11.6 Å². The minimum Gasteiger partial charge on any atom is -0.388 e. The third-order valence-corrected chi connectivity index (χ3v) is 3.38. The largest absolute Gasteiger partial charge is 0.388 e. The molecule has 2 heteroatoms. The molecule has 0 bridgehead atoms. The summed E-state index contributed by atoms with van der Waals surface area (Å²) < 4.78 is 0. The maximum Gasteiger partial charge on any atom is 0.0793 e. The molecule has 90 valence electrons. The lowest BCUT2D eigenvalue weighted by atomic mass is 9.92. The molecule has 0 aliphatic heterocycles. The molecule has 0 heterocycles. The zero-order valence-corrected chi connectivity index (χ0v) is 11.1. The zero-order chi connectivity index (χ0) is 12.1. The van der Waals surface area contributed by atoms with E-state index in [1.807, 2.05) is 25.1 Å². The topological polar surface area (TPSA) is 20.2 Å². The van der Waals surface area contributed by atoms with Crippen LogP contribution in [0.5, 0.6) is 0 Å². The Morgan fingerprint density at radius 1 is 1.19 bits per heavy atom. The lowest BCUT2D eigenvalue weighted by Crippen LogP contribution is -2.06. The van der Waals surface area contributed by atoms with Crippen LogP contribution in [-0.4, -0.2) is 5.11 Å². The van der Waals surface area contributed by atoms with E-state index >= 15 is 0 Å². The van der Waals surface area contributed by atoms with Crippen molar-refractivity contribution in [2.45, 2.75) is 46.1 Å². The van der Waals surface area contributed by atoms with Crippen molar-refractivity contribution in [1.82, 2.24) is 0 Å². The van der Waals surface area contributed by atoms with Gasteiger partial charge in [0, 0.05) is 5.02 Å². The molecule has 0 fully saturated rings. The molecule has 0 aliphatic rings. The van der Waals surface area contributed by atoms with Crippen molar-refractivity contribution in [3.8, 4) is 0 Å². The number of aliphatic hydroxyl groups is 1. The Balaban J connectivity index is 2.75. The lowest BCUT2D eigenvalue weighted by molar-refractivity contribution is 0.141. The van der Waals surface area contributed by atoms with Gasteiger partial charge in [-0.2, -0.15) is 0 Å². The first-order chi connectivity index (χ1) is 7.56. The predicted octanol–water partition coefficient (Wildman–Crippen LogP) is 4.51. The second-order valence-corrected chi connectivity index (χ2v) is 4.93. The van der Waals surface area contributed by atoms with Gasteiger partial charge in [-0.1, -0.05) is 44.4 Å². The third-order valence-electron chi connectivity index (χ3n) is 3.16. The van der Waals surface area contributed by atoms with Gasteiger partial charge in [0.05, 0.1) is 6.10 Å². The highest BCUT2D eigenvalue weighted by Gasteiger charge is 2.14. The highest BCUT2D eigenvalue weighted by molar-refractivity contribution is 6.30. The predicted molar refractivity (Wildman–Crippen MR) is 69.8 cm³/mol. The van der Waals surface area contributed by atoms with Crippen molar-refractivity contribution >= 4 is 11.6 Å². The fraction of sp³-hybridized carbons (Fsp3) is 0.571. The van der Waals surface area contributed by atoms with E-state index in [1.165, 1.54) is 0 Å². The van der Waals surface area contributed by atoms with Crippen LogP contribution in [0.1, 0.15) is 50.3 Å². The second-order valence-electron chi connectivity index (χ2n) is 4.50. The smallest absolute Gasteiger partial charge is 0.0793 e. The van der Waals surface area contributed by atoms with Crippen LogP contribution in [0.25, 0.3) is 0 Å². The highest BCUT2D eigenvalue weighted by Crippen LogP contribution is 2.27. The van der Waals surface area contributed by atoms with Crippen molar-refractivity contribution < 1.29 is 5.11 Å². The molecule has 1 atom stereocenters. The molecule has 1 rings (SSSR count). The van der Waals surface area contributed by atoms with E-state index in [2.05, 4.69) is 13.8 Å². The first kappa shape index (κ1) is 13.5. The lowest BCUT2D eigenvalue weighted by Gasteiger charge is -2.18. The van der Waals surface area contributed by atoms with Crippen LogP contribution in [0.3, 0.4) is 0 Å². The Bertz CT molecular complexity index is 311. The van der Waals surface area contributed by atoms with Gasteiger partial charge >= 0.3 is 0 Å². The Kier molecular flexibility index (Phi) is 5.30. The standard InChI is InChI=1S/C14H21ClO/c1-4-11(5-2)8-14(16)12-6-10(3)7-13(15)9-12/h6-7,9,11,14,16H,4-5,8H2,1-3H3. The maximum atomic E-state index is 10.1. The first-order valence-corrected chi connectivity index (χ1v) is 6.39. The van der Waals surface area contributed by atoms with Gasteiger partial charge in [-0.3, -0.25) is 0 Å². The van der Waals surface area contributed by atoms with Gasteiger partial charge < -0.3 is 5.11 Å². The number of aryl methyl sites for hydroxylation is 1. The SMILES string of the molecule is CCC(CC)CC(O)c1cc(C)cc(Cl)c1. The van der Waals surface area contributed by atoms with Crippen LogP contribution in [-0.2, 0) is 0 Å². The van der Waals surface area contributed by atoms with E-state index in [-0.39, 0.29) is 6.10 Å². The summed E-state index contributed by atoms with van der Waals surface area (Å²) in [7, 11) is 0. The van der Waals surface area contributed by atoms with Crippen molar-refractivity contribution in [2.75, 3.05) is 0 Å². The van der Waals surface area contributed by atoms with Gasteiger partial charge in [-0.25, -0.2) is 0 Å². The Morgan fingerprint density at radius 3 is 2.31 bits per heavy atom. The molecule has 1 nitrogen and oxygen atoms in total. The molecule has 1 aromatic carbocycles. The van der Waals surface area contributed by atoms with E-state index in [1.54, 1.807) is 0 Å². The molecule has 0 aromatic heterocycles. The van der Waals surface area contributed by atoms with E-state index in [0.717, 1.165) is 30.4 Å². The first-order valence-electron chi connectivity index (χ1n) is 6.02. The average Bonchev–Trinajstić information content (AvgIpc) is 2.24. The van der Waals surface area contributed by atoms with Crippen molar-refractivity contribution in [1.29, 1.82) is 0 Å². The average molecular weight is 241 g/mol. The number of benzene rings is 1. The number of halogens is 1. The van der Waals surface area contributed by atoms with Gasteiger partial charge in [0.15, 0.2) is 0 Å². The van der Waals surface area contributed by atoms with Gasteiger partial charge in [-0.05, 0) is 42.5 Å². The molecule has 0 saturated heterocycles. The number of rotatable bonds is 5. The molecule has 1 unspecified atom stereocenters. The van der Waals surface area contributed by atoms with Crippen LogP contribution >= 0.6 is 11.6 Å². The second kappa shape index (κ2) is 6.27. The minimum absolute atomic E-state index is 0.387. The fourth-order valence-electron chi connectivity index (χ4n) is 2.03. The van der Waals surface area contributed by atoms with Crippen LogP contribution in [0.2, 0.25) is 5.02 Å². The Labute approximate surface area is 103 Å². The normalized spacial score (nSPS) is 13.1. The highest BCUT2D eigenvalue weighted by atomic mass is 35.5. The molecule has 0 amide bonds. The quantitative estimate of drug-likeness (QED) is 0.803. The van der Waals surface area contributed by atoms with E-state index in [9.17, 15) is 5.11 Å². The van der Waals surface area contributed by atoms with Gasteiger partial charge in [0.25, 0.3) is 0 Å². The van der Waals surface area contributed by atoms with Crippen LogP contribution in [0.15, 0.2) is 18.2 Å². The molecular weight excluding hydrogens is 220 g/mol. The van der Waals surface area contributed by atoms with Crippen LogP contribution in [0.4, 0.5) is 0 Å². The summed E-state index contributed by atoms with van der Waals surface area (Å²) in [5.41, 5.74) is 2.04. The summed E-state index contributed by atoms with van der Waals surface area (Å²) in [4.78, 5) is 0. The third kappa shape index (κ3) is 3.80. The van der Waals surface area contributed by atoms with E-state index in [0.29, 0.717) is 10.9 Å². The maximum absolute atomic E-state index is 10.1. The monoisotopic (exact) mass is 240 g/mol. The fourth-order valence-corrected chi connectivity index (χ4v) is 2.33. The molecule has 16 heavy (non-hydrogen) atoms. The van der Waals surface area contributed by atoms with Crippen molar-refractivity contribution in [3.63, 3.8) is 0 Å². The zero-order valence-electron chi connectivity index (χ0n) is 10.3. The molecule has 0 saturated carbocycles. The molecule has 0 radical (unpaired) electrons. The van der Waals surface area contributed by atoms with Gasteiger partial charge in [0.1, 0.15) is 0 Å². The minimum atomic E-state index is -0.387. The molecule has 0 aliphatic carbocycles. The summed E-state index contributed by atoms with van der Waals surface area (Å²) in [6.45, 7) is 6.34. The summed E-state index contributed by atoms with van der Waals surface area (Å²) >= 11 is 5.99. The van der Waals surface area contributed by atoms with Crippen LogP contribution < -0.4 is 0 Å². The summed E-state index contributed by atoms with van der Waals surface area (Å²) in [5, 5.41) is 10.9. The molecule has 0 spiro atoms. The van der Waals surface area contributed by atoms with E-state index < -0.39 is 0 Å². The van der Waals surface area contributed by atoms with Crippen molar-refractivity contribution in [3.05, 3.63) is 34.3 Å². The summed E-state index contributed by atoms with van der Waals surface area (Å²) in [6, 6.07) is 5.79. The molecule has 1 N–H and O–H groups in total. The summed E-state index contributed by atoms with van der Waals surface area (Å²) in [6.07, 6.45) is 2.68. The van der Waals surface area contributed by atoms with Crippen LogP contribution in [0, 0.1) is 12.8 Å². The number of aliphatic hydroxyl groups excluding tert-OH is 1. The molecule has 1 aromatic rings. The molecular formula is C14H21ClO. The van der Waals surface area contributed by atoms with Gasteiger partial charge in [0.2, 0.25) is 0 Å². The summed E-state index contributed by atoms with van der Waals surface area (Å²) in [5.74, 6) is 0.592. The van der Waals surface area contributed by atoms with Gasteiger partial charge in [-0.15, -0.1) is 0 Å².